The number of amides is 1. The molecular weight excluding hydrogens is 244 g/mol. The summed E-state index contributed by atoms with van der Waals surface area (Å²) < 4.78 is 6.73. The van der Waals surface area contributed by atoms with Crippen LogP contribution >= 0.6 is 0 Å². The van der Waals surface area contributed by atoms with Gasteiger partial charge in [0.1, 0.15) is 0 Å². The lowest BCUT2D eigenvalue weighted by molar-refractivity contribution is -0.140. The SMILES string of the molecule is COC(=O)CCCn1cccc1CN1CCCC1=O. The third-order valence-corrected chi connectivity index (χ3v) is 3.46. The van der Waals surface area contributed by atoms with Crippen molar-refractivity contribution in [2.45, 2.75) is 38.8 Å². The topological polar surface area (TPSA) is 51.5 Å². The van der Waals surface area contributed by atoms with E-state index >= 15 is 0 Å². The predicted octanol–water partition coefficient (Wildman–Crippen LogP) is 1.56. The summed E-state index contributed by atoms with van der Waals surface area (Å²) in [6, 6.07) is 4.01. The second kappa shape index (κ2) is 6.41. The smallest absolute Gasteiger partial charge is 0.305 e. The zero-order valence-corrected chi connectivity index (χ0v) is 11.3. The van der Waals surface area contributed by atoms with Crippen LogP contribution in [0.15, 0.2) is 18.3 Å². The van der Waals surface area contributed by atoms with E-state index in [1.165, 1.54) is 7.11 Å². The van der Waals surface area contributed by atoms with E-state index in [0.717, 1.165) is 31.6 Å². The molecule has 1 aliphatic rings. The first-order chi connectivity index (χ1) is 9.20. The first kappa shape index (κ1) is 13.6. The Hall–Kier alpha value is -1.78. The fourth-order valence-corrected chi connectivity index (χ4v) is 2.37. The highest BCUT2D eigenvalue weighted by Crippen LogP contribution is 2.15. The lowest BCUT2D eigenvalue weighted by atomic mass is 10.3. The minimum absolute atomic E-state index is 0.177. The molecule has 19 heavy (non-hydrogen) atoms. The fraction of sp³-hybridized carbons (Fsp3) is 0.571. The minimum atomic E-state index is -0.177. The number of nitrogens with zero attached hydrogens (tertiary/aromatic N) is 2. The van der Waals surface area contributed by atoms with E-state index in [-0.39, 0.29) is 11.9 Å². The van der Waals surface area contributed by atoms with E-state index < -0.39 is 0 Å². The second-order valence-electron chi connectivity index (χ2n) is 4.79. The number of ether oxygens (including phenoxy) is 1. The highest BCUT2D eigenvalue weighted by Gasteiger charge is 2.20. The molecule has 5 nitrogen and oxygen atoms in total. The van der Waals surface area contributed by atoms with Gasteiger partial charge in [-0.15, -0.1) is 0 Å². The molecule has 0 saturated carbocycles. The van der Waals surface area contributed by atoms with Crippen LogP contribution in [0.25, 0.3) is 0 Å². The molecule has 1 amide bonds. The van der Waals surface area contributed by atoms with Gasteiger partial charge in [0.05, 0.1) is 13.7 Å². The zero-order valence-electron chi connectivity index (χ0n) is 11.3. The van der Waals surface area contributed by atoms with Gasteiger partial charge in [-0.1, -0.05) is 0 Å². The normalized spacial score (nSPS) is 15.0. The molecule has 1 aliphatic heterocycles. The fourth-order valence-electron chi connectivity index (χ4n) is 2.37. The number of carbonyl (C=O) groups is 2. The Morgan fingerprint density at radius 2 is 2.32 bits per heavy atom. The molecule has 1 aromatic heterocycles. The average Bonchev–Trinajstić information content (AvgIpc) is 3.00. The lowest BCUT2D eigenvalue weighted by Crippen LogP contribution is -2.25. The highest BCUT2D eigenvalue weighted by molar-refractivity contribution is 5.78. The average molecular weight is 264 g/mol. The molecule has 1 saturated heterocycles. The molecule has 104 valence electrons. The summed E-state index contributed by atoms with van der Waals surface area (Å²) in [5.41, 5.74) is 1.13. The molecule has 0 bridgehead atoms. The number of rotatable bonds is 6. The van der Waals surface area contributed by atoms with E-state index in [9.17, 15) is 9.59 Å². The monoisotopic (exact) mass is 264 g/mol. The molecule has 2 heterocycles. The van der Waals surface area contributed by atoms with E-state index in [0.29, 0.717) is 19.4 Å². The van der Waals surface area contributed by atoms with E-state index in [2.05, 4.69) is 9.30 Å². The van der Waals surface area contributed by atoms with Crippen molar-refractivity contribution in [2.75, 3.05) is 13.7 Å². The highest BCUT2D eigenvalue weighted by atomic mass is 16.5. The molecule has 1 aromatic rings. The molecule has 0 unspecified atom stereocenters. The Balaban J connectivity index is 1.86. The number of carbonyl (C=O) groups excluding carboxylic acids is 2. The van der Waals surface area contributed by atoms with Crippen LogP contribution in [0.3, 0.4) is 0 Å². The third-order valence-electron chi connectivity index (χ3n) is 3.46. The number of methoxy groups -OCH3 is 1. The van der Waals surface area contributed by atoms with E-state index in [1.807, 2.05) is 23.2 Å². The van der Waals surface area contributed by atoms with Gasteiger partial charge in [0.15, 0.2) is 0 Å². The van der Waals surface area contributed by atoms with Crippen LogP contribution in [0.4, 0.5) is 0 Å². The van der Waals surface area contributed by atoms with Gasteiger partial charge in [-0.25, -0.2) is 0 Å². The Kier molecular flexibility index (Phi) is 4.60. The molecular formula is C14H20N2O3. The Morgan fingerprint density at radius 3 is 3.00 bits per heavy atom. The molecule has 0 radical (unpaired) electrons. The number of aromatic nitrogens is 1. The lowest BCUT2D eigenvalue weighted by Gasteiger charge is -2.17. The van der Waals surface area contributed by atoms with Crippen molar-refractivity contribution in [2.24, 2.45) is 0 Å². The molecule has 1 fully saturated rings. The number of aryl methyl sites for hydroxylation is 1. The summed E-state index contributed by atoms with van der Waals surface area (Å²) in [6.07, 6.45) is 4.80. The number of likely N-dealkylation sites (tertiary alicyclic amines) is 1. The standard InChI is InChI=1S/C14H20N2O3/c1-19-14(18)7-4-9-15-8-2-5-12(15)11-16-10-3-6-13(16)17/h2,5,8H,3-4,6-7,9-11H2,1H3. The summed E-state index contributed by atoms with van der Waals surface area (Å²) in [6.45, 7) is 2.30. The predicted molar refractivity (Wildman–Crippen MR) is 70.3 cm³/mol. The quantitative estimate of drug-likeness (QED) is 0.733. The molecule has 0 aliphatic carbocycles. The van der Waals surface area contributed by atoms with E-state index in [4.69, 9.17) is 0 Å². The first-order valence-corrected chi connectivity index (χ1v) is 6.69. The Morgan fingerprint density at radius 1 is 1.47 bits per heavy atom. The summed E-state index contributed by atoms with van der Waals surface area (Å²) in [7, 11) is 1.41. The van der Waals surface area contributed by atoms with Gasteiger partial charge in [0, 0.05) is 37.8 Å². The van der Waals surface area contributed by atoms with Crippen molar-refractivity contribution in [1.82, 2.24) is 9.47 Å². The van der Waals surface area contributed by atoms with Crippen LogP contribution in [-0.2, 0) is 27.4 Å². The summed E-state index contributed by atoms with van der Waals surface area (Å²) >= 11 is 0. The number of hydrogen-bond donors (Lipinski definition) is 0. The molecule has 0 atom stereocenters. The minimum Gasteiger partial charge on any atom is -0.469 e. The Bertz CT molecular complexity index is 453. The van der Waals surface area contributed by atoms with Crippen LogP contribution in [0.1, 0.15) is 31.4 Å². The van der Waals surface area contributed by atoms with Crippen LogP contribution in [0, 0.1) is 0 Å². The van der Waals surface area contributed by atoms with Crippen molar-refractivity contribution < 1.29 is 14.3 Å². The van der Waals surface area contributed by atoms with Crippen LogP contribution in [0.2, 0.25) is 0 Å². The number of hydrogen-bond acceptors (Lipinski definition) is 3. The van der Waals surface area contributed by atoms with Crippen LogP contribution in [0.5, 0.6) is 0 Å². The van der Waals surface area contributed by atoms with Gasteiger partial charge < -0.3 is 14.2 Å². The van der Waals surface area contributed by atoms with Gasteiger partial charge in [-0.2, -0.15) is 0 Å². The van der Waals surface area contributed by atoms with Crippen molar-refractivity contribution >= 4 is 11.9 Å². The molecule has 0 spiro atoms. The van der Waals surface area contributed by atoms with Gasteiger partial charge in [-0.05, 0) is 25.0 Å². The third kappa shape index (κ3) is 3.59. The zero-order chi connectivity index (χ0) is 13.7. The van der Waals surface area contributed by atoms with Crippen LogP contribution < -0.4 is 0 Å². The van der Waals surface area contributed by atoms with Gasteiger partial charge >= 0.3 is 5.97 Å². The molecule has 0 aromatic carbocycles. The Labute approximate surface area is 113 Å². The molecule has 0 N–H and O–H groups in total. The maximum absolute atomic E-state index is 11.6. The maximum atomic E-state index is 11.6. The van der Waals surface area contributed by atoms with Crippen molar-refractivity contribution in [3.63, 3.8) is 0 Å². The van der Waals surface area contributed by atoms with Gasteiger partial charge in [0.25, 0.3) is 0 Å². The summed E-state index contributed by atoms with van der Waals surface area (Å²) in [5.74, 6) is 0.0609. The van der Waals surface area contributed by atoms with E-state index in [1.54, 1.807) is 0 Å². The van der Waals surface area contributed by atoms with Crippen molar-refractivity contribution in [1.29, 1.82) is 0 Å². The summed E-state index contributed by atoms with van der Waals surface area (Å²) in [5, 5.41) is 0. The van der Waals surface area contributed by atoms with Gasteiger partial charge in [-0.3, -0.25) is 9.59 Å². The largest absolute Gasteiger partial charge is 0.469 e. The van der Waals surface area contributed by atoms with Crippen molar-refractivity contribution in [3.8, 4) is 0 Å². The molecule has 2 rings (SSSR count). The van der Waals surface area contributed by atoms with Crippen LogP contribution in [-0.4, -0.2) is 35.0 Å². The number of esters is 1. The second-order valence-corrected chi connectivity index (χ2v) is 4.79. The first-order valence-electron chi connectivity index (χ1n) is 6.69. The maximum Gasteiger partial charge on any atom is 0.305 e. The van der Waals surface area contributed by atoms with Gasteiger partial charge in [0.2, 0.25) is 5.91 Å². The van der Waals surface area contributed by atoms with Crippen molar-refractivity contribution in [3.05, 3.63) is 24.0 Å². The molecule has 5 heteroatoms. The summed E-state index contributed by atoms with van der Waals surface area (Å²) in [4.78, 5) is 24.6.